The summed E-state index contributed by atoms with van der Waals surface area (Å²) in [5.41, 5.74) is 0.283. The monoisotopic (exact) mass is 257 g/mol. The number of aromatic hydroxyl groups is 1. The minimum absolute atomic E-state index is 0.0366. The van der Waals surface area contributed by atoms with Gasteiger partial charge in [0.05, 0.1) is 0 Å². The van der Waals surface area contributed by atoms with Crippen LogP contribution in [0.4, 0.5) is 0 Å². The molecular formula is C12H16ClNO3. The van der Waals surface area contributed by atoms with Crippen molar-refractivity contribution in [2.24, 2.45) is 0 Å². The minimum Gasteiger partial charge on any atom is -0.508 e. The lowest BCUT2D eigenvalue weighted by Gasteiger charge is -2.20. The van der Waals surface area contributed by atoms with Gasteiger partial charge in [0.15, 0.2) is 0 Å². The van der Waals surface area contributed by atoms with Crippen LogP contribution < -0.4 is 5.32 Å². The van der Waals surface area contributed by atoms with Crippen LogP contribution in [0.3, 0.4) is 0 Å². The molecule has 1 aromatic carbocycles. The summed E-state index contributed by atoms with van der Waals surface area (Å²) in [6.07, 6.45) is 0.797. The Hall–Kier alpha value is -1.26. The van der Waals surface area contributed by atoms with Crippen LogP contribution in [-0.2, 0) is 4.79 Å². The number of aliphatic carboxylic acids is 1. The number of nitrogens with one attached hydrogen (secondary N) is 1. The van der Waals surface area contributed by atoms with Crippen LogP contribution in [0.2, 0.25) is 5.02 Å². The fourth-order valence-corrected chi connectivity index (χ4v) is 1.63. The lowest BCUT2D eigenvalue weighted by Crippen LogP contribution is -2.35. The van der Waals surface area contributed by atoms with E-state index in [4.69, 9.17) is 16.7 Å². The van der Waals surface area contributed by atoms with Crippen molar-refractivity contribution in [2.75, 3.05) is 0 Å². The summed E-state index contributed by atoms with van der Waals surface area (Å²) in [5, 5.41) is 22.2. The van der Waals surface area contributed by atoms with Gasteiger partial charge in [-0.2, -0.15) is 0 Å². The molecule has 94 valence electrons. The molecule has 0 aromatic heterocycles. The van der Waals surface area contributed by atoms with E-state index < -0.39 is 12.0 Å². The minimum atomic E-state index is -1.04. The van der Waals surface area contributed by atoms with E-state index in [9.17, 15) is 9.90 Å². The Balaban J connectivity index is 3.05. The number of hydrogen-bond donors (Lipinski definition) is 3. The Bertz CT molecular complexity index is 409. The zero-order chi connectivity index (χ0) is 13.0. The van der Waals surface area contributed by atoms with E-state index in [1.807, 2.05) is 13.8 Å². The summed E-state index contributed by atoms with van der Waals surface area (Å²) >= 11 is 5.80. The summed E-state index contributed by atoms with van der Waals surface area (Å²) in [7, 11) is 0. The van der Waals surface area contributed by atoms with Crippen LogP contribution in [0.1, 0.15) is 31.9 Å². The van der Waals surface area contributed by atoms with Crippen LogP contribution in [-0.4, -0.2) is 22.2 Å². The number of rotatable bonds is 5. The second-order valence-electron chi connectivity index (χ2n) is 3.95. The predicted molar refractivity (Wildman–Crippen MR) is 66.4 cm³/mol. The molecule has 0 aliphatic heterocycles. The second-order valence-corrected chi connectivity index (χ2v) is 4.39. The maximum atomic E-state index is 11.2. The third-order valence-electron chi connectivity index (χ3n) is 2.61. The first-order valence-electron chi connectivity index (χ1n) is 5.43. The first kappa shape index (κ1) is 13.8. The van der Waals surface area contributed by atoms with E-state index in [-0.39, 0.29) is 17.4 Å². The van der Waals surface area contributed by atoms with Crippen molar-refractivity contribution >= 4 is 17.6 Å². The number of hydrogen-bond acceptors (Lipinski definition) is 3. The van der Waals surface area contributed by atoms with Crippen LogP contribution in [0.5, 0.6) is 5.75 Å². The number of halogens is 1. The molecule has 0 spiro atoms. The van der Waals surface area contributed by atoms with Gasteiger partial charge in [0.2, 0.25) is 0 Å². The lowest BCUT2D eigenvalue weighted by atomic mass is 10.0. The van der Waals surface area contributed by atoms with Crippen molar-refractivity contribution in [1.82, 2.24) is 5.32 Å². The van der Waals surface area contributed by atoms with Crippen molar-refractivity contribution < 1.29 is 15.0 Å². The first-order valence-corrected chi connectivity index (χ1v) is 5.80. The molecule has 1 aromatic rings. The van der Waals surface area contributed by atoms with Crippen molar-refractivity contribution in [2.45, 2.75) is 32.4 Å². The molecule has 0 bridgehead atoms. The summed E-state index contributed by atoms with van der Waals surface area (Å²) in [4.78, 5) is 11.2. The molecule has 1 rings (SSSR count). The number of carboxylic acids is 1. The highest BCUT2D eigenvalue weighted by atomic mass is 35.5. The van der Waals surface area contributed by atoms with Gasteiger partial charge in [-0.1, -0.05) is 18.5 Å². The predicted octanol–water partition coefficient (Wildman–Crippen LogP) is 2.56. The number of phenolic OH excluding ortho intramolecular Hbond substituents is 1. The Morgan fingerprint density at radius 2 is 2.18 bits per heavy atom. The van der Waals surface area contributed by atoms with E-state index in [1.54, 1.807) is 0 Å². The van der Waals surface area contributed by atoms with Crippen molar-refractivity contribution in [1.29, 1.82) is 0 Å². The number of carbonyl (C=O) groups is 1. The van der Waals surface area contributed by atoms with Crippen LogP contribution in [0.25, 0.3) is 0 Å². The van der Waals surface area contributed by atoms with Gasteiger partial charge in [-0.3, -0.25) is 10.1 Å². The summed E-state index contributed by atoms with van der Waals surface area (Å²) in [6.45, 7) is 3.84. The molecule has 2 unspecified atom stereocenters. The summed E-state index contributed by atoms with van der Waals surface area (Å²) in [6, 6.07) is 3.46. The van der Waals surface area contributed by atoms with Crippen molar-refractivity contribution in [3.63, 3.8) is 0 Å². The average Bonchev–Trinajstić information content (AvgIpc) is 2.28. The maximum absolute atomic E-state index is 11.2. The molecule has 4 nitrogen and oxygen atoms in total. The van der Waals surface area contributed by atoms with E-state index in [1.165, 1.54) is 18.2 Å². The van der Waals surface area contributed by atoms with Gasteiger partial charge >= 0.3 is 5.97 Å². The highest BCUT2D eigenvalue weighted by Gasteiger charge is 2.24. The van der Waals surface area contributed by atoms with Gasteiger partial charge in [-0.25, -0.2) is 0 Å². The van der Waals surface area contributed by atoms with Crippen molar-refractivity contribution in [3.8, 4) is 5.75 Å². The van der Waals surface area contributed by atoms with Gasteiger partial charge < -0.3 is 10.2 Å². The quantitative estimate of drug-likeness (QED) is 0.758. The highest BCUT2D eigenvalue weighted by molar-refractivity contribution is 6.30. The van der Waals surface area contributed by atoms with Crippen LogP contribution in [0.15, 0.2) is 18.2 Å². The van der Waals surface area contributed by atoms with Crippen molar-refractivity contribution in [3.05, 3.63) is 28.8 Å². The fraction of sp³-hybridized carbons (Fsp3) is 0.417. The molecule has 0 heterocycles. The zero-order valence-electron chi connectivity index (χ0n) is 9.77. The van der Waals surface area contributed by atoms with Crippen LogP contribution in [0, 0.1) is 0 Å². The lowest BCUT2D eigenvalue weighted by molar-refractivity contribution is -0.139. The van der Waals surface area contributed by atoms with Gasteiger partial charge in [-0.05, 0) is 31.5 Å². The molecule has 0 fully saturated rings. The molecule has 0 aliphatic carbocycles. The molecule has 0 radical (unpaired) electrons. The normalized spacial score (nSPS) is 14.3. The topological polar surface area (TPSA) is 69.6 Å². The van der Waals surface area contributed by atoms with Gasteiger partial charge in [0, 0.05) is 16.6 Å². The second kappa shape index (κ2) is 5.89. The van der Waals surface area contributed by atoms with E-state index in [0.29, 0.717) is 5.02 Å². The highest BCUT2D eigenvalue weighted by Crippen LogP contribution is 2.28. The van der Waals surface area contributed by atoms with E-state index in [0.717, 1.165) is 6.42 Å². The number of carboxylic acid groups (broad SMARTS) is 1. The molecule has 17 heavy (non-hydrogen) atoms. The molecule has 0 amide bonds. The first-order chi connectivity index (χ1) is 7.95. The molecule has 2 atom stereocenters. The van der Waals surface area contributed by atoms with E-state index >= 15 is 0 Å². The average molecular weight is 258 g/mol. The fourth-order valence-electron chi connectivity index (χ4n) is 1.45. The van der Waals surface area contributed by atoms with Gasteiger partial charge in [0.25, 0.3) is 0 Å². The van der Waals surface area contributed by atoms with E-state index in [2.05, 4.69) is 5.32 Å². The van der Waals surface area contributed by atoms with Gasteiger partial charge in [0.1, 0.15) is 11.8 Å². The molecule has 3 N–H and O–H groups in total. The standard InChI is InChI=1S/C12H16ClNO3/c1-3-7(2)14-11(12(16)17)9-6-8(13)4-5-10(9)15/h4-7,11,14-15H,3H2,1-2H3,(H,16,17). The molecule has 0 aliphatic rings. The Kier molecular flexibility index (Phi) is 4.78. The Labute approximate surface area is 105 Å². The summed E-state index contributed by atoms with van der Waals surface area (Å²) in [5.74, 6) is -1.11. The largest absolute Gasteiger partial charge is 0.508 e. The molecule has 5 heteroatoms. The molecular weight excluding hydrogens is 242 g/mol. The van der Waals surface area contributed by atoms with Crippen LogP contribution >= 0.6 is 11.6 Å². The molecule has 0 saturated carbocycles. The Morgan fingerprint density at radius 3 is 2.71 bits per heavy atom. The number of benzene rings is 1. The maximum Gasteiger partial charge on any atom is 0.325 e. The SMILES string of the molecule is CCC(C)NC(C(=O)O)c1cc(Cl)ccc1O. The zero-order valence-corrected chi connectivity index (χ0v) is 10.5. The Morgan fingerprint density at radius 1 is 1.53 bits per heavy atom. The third kappa shape index (κ3) is 3.61. The number of phenols is 1. The molecule has 0 saturated heterocycles. The third-order valence-corrected chi connectivity index (χ3v) is 2.85. The smallest absolute Gasteiger partial charge is 0.325 e. The van der Waals surface area contributed by atoms with Gasteiger partial charge in [-0.15, -0.1) is 0 Å². The summed E-state index contributed by atoms with van der Waals surface area (Å²) < 4.78 is 0.